The van der Waals surface area contributed by atoms with Gasteiger partial charge < -0.3 is 24.3 Å². The van der Waals surface area contributed by atoms with E-state index in [0.29, 0.717) is 43.1 Å². The second-order valence-corrected chi connectivity index (χ2v) is 10.6. The van der Waals surface area contributed by atoms with Gasteiger partial charge in [0.05, 0.1) is 14.2 Å². The van der Waals surface area contributed by atoms with Crippen LogP contribution < -0.4 is 9.47 Å². The quantitative estimate of drug-likeness (QED) is 0.244. The summed E-state index contributed by atoms with van der Waals surface area (Å²) in [4.78, 5) is 34.2. The number of nitrogens with one attached hydrogen (secondary N) is 1. The number of H-pyrrole nitrogens is 1. The highest BCUT2D eigenvalue weighted by atomic mass is 16.5. The van der Waals surface area contributed by atoms with E-state index in [1.54, 1.807) is 19.1 Å². The first-order valence-corrected chi connectivity index (χ1v) is 13.7. The summed E-state index contributed by atoms with van der Waals surface area (Å²) < 4.78 is 10.9. The maximum atomic E-state index is 13.9. The van der Waals surface area contributed by atoms with Crippen LogP contribution in [0.3, 0.4) is 0 Å². The Balaban J connectivity index is 1.59. The number of ether oxygens (including phenoxy) is 2. The van der Waals surface area contributed by atoms with Gasteiger partial charge in [0.25, 0.3) is 5.91 Å². The lowest BCUT2D eigenvalue weighted by Crippen LogP contribution is -2.44. The molecule has 40 heavy (non-hydrogen) atoms. The van der Waals surface area contributed by atoms with Crippen LogP contribution in [0.4, 0.5) is 0 Å². The zero-order valence-corrected chi connectivity index (χ0v) is 24.1. The Bertz CT molecular complexity index is 1440. The average molecular weight is 542 g/mol. The summed E-state index contributed by atoms with van der Waals surface area (Å²) in [5, 5.41) is 1.15. The zero-order valence-electron chi connectivity index (χ0n) is 24.1. The molecule has 0 aliphatic carbocycles. The predicted octanol–water partition coefficient (Wildman–Crippen LogP) is 5.86. The number of methoxy groups -OCH3 is 2. The van der Waals surface area contributed by atoms with Gasteiger partial charge in [-0.15, -0.1) is 0 Å². The number of nitrogens with zero attached hydrogens (tertiary/aromatic N) is 2. The molecule has 0 fully saturated rings. The van der Waals surface area contributed by atoms with Crippen LogP contribution in [0.25, 0.3) is 10.9 Å². The molecule has 1 aromatic heterocycles. The first-order valence-electron chi connectivity index (χ1n) is 13.7. The second-order valence-electron chi connectivity index (χ2n) is 10.6. The second kappa shape index (κ2) is 13.2. The number of aromatic amines is 1. The molecule has 0 saturated heterocycles. The lowest BCUT2D eigenvalue weighted by atomic mass is 10.1. The van der Waals surface area contributed by atoms with Gasteiger partial charge in [0.1, 0.15) is 6.54 Å². The van der Waals surface area contributed by atoms with Crippen molar-refractivity contribution in [1.29, 1.82) is 0 Å². The largest absolute Gasteiger partial charge is 0.493 e. The molecule has 7 nitrogen and oxygen atoms in total. The van der Waals surface area contributed by atoms with Crippen molar-refractivity contribution in [3.05, 3.63) is 95.2 Å². The molecule has 0 aliphatic rings. The highest BCUT2D eigenvalue weighted by Gasteiger charge is 2.24. The lowest BCUT2D eigenvalue weighted by molar-refractivity contribution is -0.132. The summed E-state index contributed by atoms with van der Waals surface area (Å²) >= 11 is 0. The van der Waals surface area contributed by atoms with E-state index in [2.05, 4.69) is 24.9 Å². The third kappa shape index (κ3) is 7.03. The number of amides is 2. The molecule has 1 N–H and O–H groups in total. The van der Waals surface area contributed by atoms with E-state index in [1.165, 1.54) is 0 Å². The van der Waals surface area contributed by atoms with Gasteiger partial charge in [-0.05, 0) is 60.7 Å². The smallest absolute Gasteiger partial charge is 0.254 e. The summed E-state index contributed by atoms with van der Waals surface area (Å²) in [7, 11) is 3.20. The number of fused-ring (bicyclic) bond motifs is 1. The van der Waals surface area contributed by atoms with Crippen LogP contribution in [0, 0.1) is 12.8 Å². The molecule has 1 heterocycles. The lowest BCUT2D eigenvalue weighted by Gasteiger charge is -2.29. The fourth-order valence-corrected chi connectivity index (χ4v) is 4.89. The number of benzene rings is 3. The van der Waals surface area contributed by atoms with Gasteiger partial charge in [0.2, 0.25) is 5.91 Å². The summed E-state index contributed by atoms with van der Waals surface area (Å²) in [6.45, 7) is 7.48. The highest BCUT2D eigenvalue weighted by Crippen LogP contribution is 2.28. The number of carbonyl (C=O) groups is 2. The van der Waals surface area contributed by atoms with Crippen LogP contribution >= 0.6 is 0 Å². The fraction of sp³-hybridized carbons (Fsp3) is 0.333. The summed E-state index contributed by atoms with van der Waals surface area (Å²) in [5.41, 5.74) is 4.81. The Morgan fingerprint density at radius 3 is 2.33 bits per heavy atom. The topological polar surface area (TPSA) is 74.9 Å². The molecule has 3 aromatic carbocycles. The van der Waals surface area contributed by atoms with E-state index in [-0.39, 0.29) is 24.3 Å². The Hall–Kier alpha value is -4.26. The molecule has 0 radical (unpaired) electrons. The molecular weight excluding hydrogens is 502 g/mol. The summed E-state index contributed by atoms with van der Waals surface area (Å²) in [6.07, 6.45) is 2.69. The van der Waals surface area contributed by atoms with Gasteiger partial charge in [-0.1, -0.05) is 55.8 Å². The third-order valence-corrected chi connectivity index (χ3v) is 7.00. The van der Waals surface area contributed by atoms with E-state index in [1.807, 2.05) is 78.7 Å². The van der Waals surface area contributed by atoms with Crippen LogP contribution in [-0.4, -0.2) is 60.5 Å². The van der Waals surface area contributed by atoms with Gasteiger partial charge >= 0.3 is 0 Å². The number of carbonyl (C=O) groups excluding carboxylic acids is 2. The summed E-state index contributed by atoms with van der Waals surface area (Å²) in [5.74, 6) is 1.22. The average Bonchev–Trinajstić information content (AvgIpc) is 3.37. The van der Waals surface area contributed by atoms with Gasteiger partial charge in [0.15, 0.2) is 11.5 Å². The third-order valence-electron chi connectivity index (χ3n) is 7.00. The Kier molecular flexibility index (Phi) is 9.48. The van der Waals surface area contributed by atoms with Crippen molar-refractivity contribution in [2.24, 2.45) is 5.92 Å². The Morgan fingerprint density at radius 1 is 0.900 bits per heavy atom. The maximum Gasteiger partial charge on any atom is 0.254 e. The molecule has 0 atom stereocenters. The normalized spacial score (nSPS) is 11.1. The first-order chi connectivity index (χ1) is 19.3. The van der Waals surface area contributed by atoms with Crippen molar-refractivity contribution in [3.8, 4) is 11.5 Å². The molecule has 7 heteroatoms. The SMILES string of the molecule is COc1ccc(CN(CCc2c[nH]c3ccccc23)C(=O)CN(CC(C)C)C(=O)c2ccc(C)cc2)cc1OC. The van der Waals surface area contributed by atoms with Crippen molar-refractivity contribution in [3.63, 3.8) is 0 Å². The standard InChI is InChI=1S/C33H39N3O4/c1-23(2)20-36(33(38)26-13-10-24(3)11-14-26)22-32(37)35(21-25-12-15-30(39-4)31(18-25)40-5)17-16-27-19-34-29-9-7-6-8-28(27)29/h6-15,18-19,23,34H,16-17,20-22H2,1-5H3. The molecule has 0 saturated carbocycles. The van der Waals surface area contributed by atoms with E-state index in [0.717, 1.165) is 27.6 Å². The maximum absolute atomic E-state index is 13.9. The van der Waals surface area contributed by atoms with Gasteiger partial charge in [0, 0.05) is 42.3 Å². The number of rotatable bonds is 12. The van der Waals surface area contributed by atoms with Gasteiger partial charge in [-0.2, -0.15) is 0 Å². The molecular formula is C33H39N3O4. The Labute approximate surface area is 236 Å². The highest BCUT2D eigenvalue weighted by molar-refractivity contribution is 5.96. The fourth-order valence-electron chi connectivity index (χ4n) is 4.89. The number of aryl methyl sites for hydroxylation is 1. The molecule has 0 aliphatic heterocycles. The number of hydrogen-bond acceptors (Lipinski definition) is 4. The molecule has 0 unspecified atom stereocenters. The minimum atomic E-state index is -0.134. The Morgan fingerprint density at radius 2 is 1.62 bits per heavy atom. The van der Waals surface area contributed by atoms with Crippen LogP contribution in [0.1, 0.15) is 40.9 Å². The molecule has 4 rings (SSSR count). The van der Waals surface area contributed by atoms with E-state index in [4.69, 9.17) is 9.47 Å². The zero-order chi connectivity index (χ0) is 28.6. The van der Waals surface area contributed by atoms with Crippen molar-refractivity contribution in [1.82, 2.24) is 14.8 Å². The van der Waals surface area contributed by atoms with Gasteiger partial charge in [-0.3, -0.25) is 9.59 Å². The van der Waals surface area contributed by atoms with E-state index < -0.39 is 0 Å². The van der Waals surface area contributed by atoms with Crippen molar-refractivity contribution in [2.45, 2.75) is 33.7 Å². The molecule has 0 bridgehead atoms. The van der Waals surface area contributed by atoms with Crippen LogP contribution in [0.15, 0.2) is 72.9 Å². The number of hydrogen-bond donors (Lipinski definition) is 1. The van der Waals surface area contributed by atoms with Crippen molar-refractivity contribution in [2.75, 3.05) is 33.9 Å². The number of para-hydroxylation sites is 1. The predicted molar refractivity (Wildman–Crippen MR) is 159 cm³/mol. The molecule has 2 amide bonds. The minimum absolute atomic E-state index is 0.00602. The van der Waals surface area contributed by atoms with Crippen molar-refractivity contribution >= 4 is 22.7 Å². The summed E-state index contributed by atoms with van der Waals surface area (Å²) in [6, 6.07) is 21.4. The number of aromatic nitrogens is 1. The van der Waals surface area contributed by atoms with E-state index >= 15 is 0 Å². The van der Waals surface area contributed by atoms with Crippen LogP contribution in [0.2, 0.25) is 0 Å². The van der Waals surface area contributed by atoms with Crippen LogP contribution in [-0.2, 0) is 17.8 Å². The van der Waals surface area contributed by atoms with Gasteiger partial charge in [-0.25, -0.2) is 0 Å². The molecule has 4 aromatic rings. The van der Waals surface area contributed by atoms with Crippen molar-refractivity contribution < 1.29 is 19.1 Å². The first kappa shape index (κ1) is 28.7. The van der Waals surface area contributed by atoms with Crippen LogP contribution in [0.5, 0.6) is 11.5 Å². The monoisotopic (exact) mass is 541 g/mol. The molecule has 210 valence electrons. The van der Waals surface area contributed by atoms with E-state index in [9.17, 15) is 9.59 Å². The molecule has 0 spiro atoms. The minimum Gasteiger partial charge on any atom is -0.493 e.